The second kappa shape index (κ2) is 7.19. The molecule has 2 heterocycles. The minimum absolute atomic E-state index is 0.247. The van der Waals surface area contributed by atoms with Crippen molar-refractivity contribution in [1.29, 1.82) is 0 Å². The minimum Gasteiger partial charge on any atom is -0.381 e. The number of hydrogen-bond donors (Lipinski definition) is 1. The highest BCUT2D eigenvalue weighted by Gasteiger charge is 2.12. The Morgan fingerprint density at radius 3 is 2.46 bits per heavy atom. The van der Waals surface area contributed by atoms with Gasteiger partial charge >= 0.3 is 0 Å². The van der Waals surface area contributed by atoms with Gasteiger partial charge in [0.2, 0.25) is 0 Å². The molecule has 0 amide bonds. The maximum atomic E-state index is 13.1. The molecular weight excluding hydrogens is 327 g/mol. The second-order valence-electron chi connectivity index (χ2n) is 5.89. The van der Waals surface area contributed by atoms with E-state index in [4.69, 9.17) is 5.10 Å². The third kappa shape index (κ3) is 3.47. The predicted octanol–water partition coefficient (Wildman–Crippen LogP) is 4.69. The van der Waals surface area contributed by atoms with Crippen LogP contribution in [0.15, 0.2) is 85.3 Å². The third-order valence-corrected chi connectivity index (χ3v) is 4.07. The fourth-order valence-electron chi connectivity index (χ4n) is 2.76. The molecule has 0 radical (unpaired) electrons. The zero-order chi connectivity index (χ0) is 17.8. The number of rotatable bonds is 5. The first-order chi connectivity index (χ1) is 12.8. The van der Waals surface area contributed by atoms with E-state index in [0.29, 0.717) is 6.54 Å². The molecule has 4 aromatic rings. The molecule has 0 aliphatic rings. The van der Waals surface area contributed by atoms with Crippen molar-refractivity contribution >= 4 is 5.69 Å². The second-order valence-corrected chi connectivity index (χ2v) is 5.89. The summed E-state index contributed by atoms with van der Waals surface area (Å²) in [6.07, 6.45) is 5.56. The molecule has 2 aromatic heterocycles. The average molecular weight is 344 g/mol. The number of aromatic nitrogens is 3. The van der Waals surface area contributed by atoms with Gasteiger partial charge in [-0.25, -0.2) is 9.07 Å². The van der Waals surface area contributed by atoms with E-state index in [0.717, 1.165) is 28.2 Å². The van der Waals surface area contributed by atoms with Crippen LogP contribution in [0.2, 0.25) is 0 Å². The molecule has 0 spiro atoms. The molecule has 0 saturated carbocycles. The van der Waals surface area contributed by atoms with Crippen molar-refractivity contribution in [2.24, 2.45) is 0 Å². The van der Waals surface area contributed by atoms with Gasteiger partial charge in [0.25, 0.3) is 0 Å². The van der Waals surface area contributed by atoms with Crippen LogP contribution in [0, 0.1) is 5.82 Å². The van der Waals surface area contributed by atoms with Gasteiger partial charge in [-0.15, -0.1) is 0 Å². The van der Waals surface area contributed by atoms with Gasteiger partial charge < -0.3 is 5.32 Å². The Hall–Kier alpha value is -3.47. The van der Waals surface area contributed by atoms with Crippen LogP contribution in [0.3, 0.4) is 0 Å². The summed E-state index contributed by atoms with van der Waals surface area (Å²) in [7, 11) is 0. The van der Waals surface area contributed by atoms with E-state index in [1.807, 2.05) is 53.3 Å². The molecule has 2 aromatic carbocycles. The molecule has 0 aliphatic carbocycles. The molecule has 0 saturated heterocycles. The Kier molecular flexibility index (Phi) is 4.43. The summed E-state index contributed by atoms with van der Waals surface area (Å²) in [4.78, 5) is 4.20. The number of nitrogens with zero attached hydrogens (tertiary/aromatic N) is 3. The van der Waals surface area contributed by atoms with Crippen LogP contribution in [0.4, 0.5) is 10.1 Å². The van der Waals surface area contributed by atoms with Crippen molar-refractivity contribution in [3.05, 3.63) is 96.7 Å². The quantitative estimate of drug-likeness (QED) is 0.571. The molecule has 128 valence electrons. The van der Waals surface area contributed by atoms with Crippen molar-refractivity contribution in [3.8, 4) is 16.9 Å². The van der Waals surface area contributed by atoms with Crippen molar-refractivity contribution in [3.63, 3.8) is 0 Å². The molecule has 0 aliphatic heterocycles. The highest BCUT2D eigenvalue weighted by Crippen LogP contribution is 2.24. The van der Waals surface area contributed by atoms with Crippen molar-refractivity contribution in [2.75, 3.05) is 5.32 Å². The molecule has 26 heavy (non-hydrogen) atoms. The van der Waals surface area contributed by atoms with E-state index in [-0.39, 0.29) is 5.82 Å². The third-order valence-electron chi connectivity index (χ3n) is 4.07. The predicted molar refractivity (Wildman–Crippen MR) is 101 cm³/mol. The van der Waals surface area contributed by atoms with Gasteiger partial charge in [-0.1, -0.05) is 18.2 Å². The maximum absolute atomic E-state index is 13.1. The van der Waals surface area contributed by atoms with Gasteiger partial charge in [0.15, 0.2) is 0 Å². The van der Waals surface area contributed by atoms with Crippen LogP contribution in [0.25, 0.3) is 16.9 Å². The highest BCUT2D eigenvalue weighted by molar-refractivity contribution is 5.63. The Morgan fingerprint density at radius 2 is 1.73 bits per heavy atom. The van der Waals surface area contributed by atoms with Crippen LogP contribution >= 0.6 is 0 Å². The van der Waals surface area contributed by atoms with Gasteiger partial charge in [-0.2, -0.15) is 5.10 Å². The molecule has 1 N–H and O–H groups in total. The highest BCUT2D eigenvalue weighted by atomic mass is 19.1. The van der Waals surface area contributed by atoms with Crippen molar-refractivity contribution in [1.82, 2.24) is 14.8 Å². The summed E-state index contributed by atoms with van der Waals surface area (Å²) in [5, 5.41) is 8.08. The molecule has 5 heteroatoms. The lowest BCUT2D eigenvalue weighted by molar-refractivity contribution is 0.628. The van der Waals surface area contributed by atoms with Gasteiger partial charge in [-0.05, 0) is 48.5 Å². The van der Waals surface area contributed by atoms with Gasteiger partial charge in [0.05, 0.1) is 11.4 Å². The maximum Gasteiger partial charge on any atom is 0.123 e. The first-order valence-electron chi connectivity index (χ1n) is 8.33. The Morgan fingerprint density at radius 1 is 0.923 bits per heavy atom. The number of benzene rings is 2. The Labute approximate surface area is 151 Å². The van der Waals surface area contributed by atoms with Gasteiger partial charge in [0.1, 0.15) is 5.82 Å². The summed E-state index contributed by atoms with van der Waals surface area (Å²) in [5.41, 5.74) is 4.71. The number of nitrogens with one attached hydrogen (secondary N) is 1. The zero-order valence-corrected chi connectivity index (χ0v) is 14.0. The average Bonchev–Trinajstić information content (AvgIpc) is 3.13. The molecule has 0 unspecified atom stereocenters. The lowest BCUT2D eigenvalue weighted by Crippen LogP contribution is -2.00. The monoisotopic (exact) mass is 344 g/mol. The summed E-state index contributed by atoms with van der Waals surface area (Å²) < 4.78 is 14.9. The number of halogens is 1. The van der Waals surface area contributed by atoms with Crippen LogP contribution in [0.5, 0.6) is 0 Å². The van der Waals surface area contributed by atoms with E-state index in [2.05, 4.69) is 10.3 Å². The van der Waals surface area contributed by atoms with Crippen LogP contribution in [-0.4, -0.2) is 14.8 Å². The summed E-state index contributed by atoms with van der Waals surface area (Å²) in [6.45, 7) is 0.572. The fourth-order valence-corrected chi connectivity index (χ4v) is 2.76. The largest absolute Gasteiger partial charge is 0.381 e. The number of pyridine rings is 1. The van der Waals surface area contributed by atoms with E-state index in [1.165, 1.54) is 12.1 Å². The SMILES string of the molecule is Fc1ccc(NCc2cn(-c3ccccc3)nc2-c2cccnc2)cc1. The minimum atomic E-state index is -0.247. The van der Waals surface area contributed by atoms with Crippen LogP contribution in [-0.2, 0) is 6.54 Å². The van der Waals surface area contributed by atoms with E-state index >= 15 is 0 Å². The summed E-state index contributed by atoms with van der Waals surface area (Å²) in [6, 6.07) is 20.2. The van der Waals surface area contributed by atoms with Crippen molar-refractivity contribution in [2.45, 2.75) is 6.54 Å². The lowest BCUT2D eigenvalue weighted by atomic mass is 10.1. The first-order valence-corrected chi connectivity index (χ1v) is 8.33. The van der Waals surface area contributed by atoms with Crippen LogP contribution < -0.4 is 5.32 Å². The molecule has 0 fully saturated rings. The van der Waals surface area contributed by atoms with E-state index < -0.39 is 0 Å². The van der Waals surface area contributed by atoms with Gasteiger partial charge in [-0.3, -0.25) is 4.98 Å². The molecule has 4 nitrogen and oxygen atoms in total. The fraction of sp³-hybridized carbons (Fsp3) is 0.0476. The van der Waals surface area contributed by atoms with Crippen molar-refractivity contribution < 1.29 is 4.39 Å². The molecular formula is C21H17FN4. The molecule has 4 rings (SSSR count). The lowest BCUT2D eigenvalue weighted by Gasteiger charge is -2.06. The van der Waals surface area contributed by atoms with Gasteiger partial charge in [0, 0.05) is 41.9 Å². The Balaban J connectivity index is 1.67. The number of para-hydroxylation sites is 1. The molecule has 0 atom stereocenters. The van der Waals surface area contributed by atoms with E-state index in [9.17, 15) is 4.39 Å². The first kappa shape index (κ1) is 16.0. The smallest absolute Gasteiger partial charge is 0.123 e. The summed E-state index contributed by atoms with van der Waals surface area (Å²) in [5.74, 6) is -0.247. The topological polar surface area (TPSA) is 42.7 Å². The standard InChI is InChI=1S/C21H17FN4/c22-18-8-10-19(11-9-18)24-14-17-15-26(20-6-2-1-3-7-20)25-21(17)16-5-4-12-23-13-16/h1-13,15,24H,14H2. The zero-order valence-electron chi connectivity index (χ0n) is 14.0. The molecule has 0 bridgehead atoms. The summed E-state index contributed by atoms with van der Waals surface area (Å²) >= 11 is 0. The van der Waals surface area contributed by atoms with Crippen LogP contribution in [0.1, 0.15) is 5.56 Å². The Bertz CT molecular complexity index is 980. The normalized spacial score (nSPS) is 10.7. The van der Waals surface area contributed by atoms with E-state index in [1.54, 1.807) is 24.5 Å². The number of anilines is 1. The number of hydrogen-bond acceptors (Lipinski definition) is 3.